The van der Waals surface area contributed by atoms with E-state index in [-0.39, 0.29) is 16.9 Å². The molecule has 0 atom stereocenters. The molecular formula is C44H52N2O6S2. The minimum atomic E-state index is -4.01. The number of benzene rings is 4. The van der Waals surface area contributed by atoms with Crippen molar-refractivity contribution in [1.82, 2.24) is 0 Å². The predicted octanol–water partition coefficient (Wildman–Crippen LogP) is 9.92. The molecule has 10 heteroatoms. The molecule has 1 aliphatic rings. The van der Waals surface area contributed by atoms with Gasteiger partial charge in [0, 0.05) is 41.0 Å². The molecule has 0 saturated carbocycles. The van der Waals surface area contributed by atoms with Crippen molar-refractivity contribution in [2.24, 2.45) is 0 Å². The van der Waals surface area contributed by atoms with Crippen LogP contribution in [0.4, 0.5) is 11.4 Å². The number of nitrogens with one attached hydrogen (secondary N) is 1. The molecule has 54 heavy (non-hydrogen) atoms. The van der Waals surface area contributed by atoms with Crippen LogP contribution in [0.5, 0.6) is 0 Å². The lowest BCUT2D eigenvalue weighted by atomic mass is 9.75. The molecule has 8 nitrogen and oxygen atoms in total. The van der Waals surface area contributed by atoms with Crippen LogP contribution in [-0.4, -0.2) is 50.5 Å². The zero-order valence-electron chi connectivity index (χ0n) is 31.6. The SMILES string of the molecule is C=C(/C=C/C=C/C=C/C=C1/N(CCCCS(=O)(=O)O)c2ccc3ccccc3c2C1(C)C)C(C)(C)c1c(NCCCCS(=O)(=O)O)ccc2ccccc12. The van der Waals surface area contributed by atoms with Gasteiger partial charge in [-0.1, -0.05) is 131 Å². The summed E-state index contributed by atoms with van der Waals surface area (Å²) < 4.78 is 63.4. The normalized spacial score (nSPS) is 15.7. The lowest BCUT2D eigenvalue weighted by Gasteiger charge is -2.31. The third-order valence-electron chi connectivity index (χ3n) is 10.3. The number of allylic oxidation sites excluding steroid dienone is 9. The summed E-state index contributed by atoms with van der Waals surface area (Å²) in [5.74, 6) is -0.506. The monoisotopic (exact) mass is 768 g/mol. The number of fused-ring (bicyclic) bond motifs is 4. The Morgan fingerprint density at radius 2 is 1.33 bits per heavy atom. The summed E-state index contributed by atoms with van der Waals surface area (Å²) >= 11 is 0. The van der Waals surface area contributed by atoms with E-state index in [1.807, 2.05) is 54.7 Å². The summed E-state index contributed by atoms with van der Waals surface area (Å²) in [4.78, 5) is 2.28. The highest BCUT2D eigenvalue weighted by atomic mass is 32.2. The lowest BCUT2D eigenvalue weighted by Crippen LogP contribution is -2.27. The van der Waals surface area contributed by atoms with Crippen molar-refractivity contribution in [2.75, 3.05) is 34.8 Å². The van der Waals surface area contributed by atoms with Gasteiger partial charge in [-0.15, -0.1) is 0 Å². The van der Waals surface area contributed by atoms with Crippen LogP contribution in [0.15, 0.2) is 133 Å². The standard InChI is InChI=1S/C44H52N2O6S2/c1-33(43(2,3)41-36-22-13-11-20-34(36)25-27-38(41)45-29-15-17-31-53(47,48)49)19-9-7-6-8-10-24-40-44(4,5)42-37-23-14-12-21-35(37)26-28-39(42)46(40)30-16-18-32-54(50,51)52/h6-14,19-28,45H,1,15-18,29-32H2,2-5H3,(H,47,48,49)(H,50,51,52)/b7-6+,10-8+,19-9+,40-24+. The molecule has 0 aliphatic carbocycles. The quantitative estimate of drug-likeness (QED) is 0.0551. The van der Waals surface area contributed by atoms with Gasteiger partial charge >= 0.3 is 0 Å². The van der Waals surface area contributed by atoms with Crippen LogP contribution in [0.3, 0.4) is 0 Å². The number of rotatable bonds is 17. The highest BCUT2D eigenvalue weighted by molar-refractivity contribution is 7.86. The number of anilines is 2. The van der Waals surface area contributed by atoms with Gasteiger partial charge in [0.15, 0.2) is 0 Å². The Hall–Kier alpha value is -4.48. The Morgan fingerprint density at radius 1 is 0.759 bits per heavy atom. The molecule has 0 radical (unpaired) electrons. The fraction of sp³-hybridized carbons (Fsp3) is 0.318. The molecule has 0 bridgehead atoms. The number of hydrogen-bond donors (Lipinski definition) is 3. The van der Waals surface area contributed by atoms with Crippen LogP contribution in [0.25, 0.3) is 21.5 Å². The fourth-order valence-electron chi connectivity index (χ4n) is 7.44. The van der Waals surface area contributed by atoms with Gasteiger partial charge < -0.3 is 10.2 Å². The largest absolute Gasteiger partial charge is 0.385 e. The van der Waals surface area contributed by atoms with Gasteiger partial charge in [0.2, 0.25) is 0 Å². The summed E-state index contributed by atoms with van der Waals surface area (Å²) in [6, 6.07) is 25.0. The van der Waals surface area contributed by atoms with Gasteiger partial charge in [0.25, 0.3) is 20.2 Å². The molecule has 5 rings (SSSR count). The molecule has 1 aliphatic heterocycles. The maximum atomic E-state index is 11.4. The van der Waals surface area contributed by atoms with Crippen molar-refractivity contribution in [3.05, 3.63) is 144 Å². The van der Waals surface area contributed by atoms with E-state index in [0.29, 0.717) is 38.8 Å². The van der Waals surface area contributed by atoms with Gasteiger partial charge in [-0.3, -0.25) is 9.11 Å². The minimum absolute atomic E-state index is 0.252. The first-order valence-electron chi connectivity index (χ1n) is 18.4. The van der Waals surface area contributed by atoms with E-state index in [1.165, 1.54) is 16.3 Å². The summed E-state index contributed by atoms with van der Waals surface area (Å²) in [7, 11) is -7.98. The van der Waals surface area contributed by atoms with Crippen LogP contribution < -0.4 is 10.2 Å². The average molecular weight is 769 g/mol. The van der Waals surface area contributed by atoms with Crippen LogP contribution >= 0.6 is 0 Å². The molecule has 286 valence electrons. The average Bonchev–Trinajstić information content (AvgIpc) is 3.33. The molecule has 0 amide bonds. The molecule has 0 aromatic heterocycles. The first-order valence-corrected chi connectivity index (χ1v) is 21.6. The van der Waals surface area contributed by atoms with Gasteiger partial charge in [-0.05, 0) is 82.1 Å². The Labute approximate surface area is 321 Å². The van der Waals surface area contributed by atoms with E-state index in [2.05, 4.69) is 105 Å². The van der Waals surface area contributed by atoms with Crippen LogP contribution in [-0.2, 0) is 31.1 Å². The smallest absolute Gasteiger partial charge is 0.264 e. The third-order valence-corrected chi connectivity index (χ3v) is 11.9. The highest BCUT2D eigenvalue weighted by Crippen LogP contribution is 2.51. The van der Waals surface area contributed by atoms with Gasteiger partial charge in [-0.25, -0.2) is 0 Å². The molecule has 0 spiro atoms. The van der Waals surface area contributed by atoms with Crippen molar-refractivity contribution in [3.8, 4) is 0 Å². The molecule has 1 heterocycles. The van der Waals surface area contributed by atoms with Crippen molar-refractivity contribution in [3.63, 3.8) is 0 Å². The van der Waals surface area contributed by atoms with Crippen molar-refractivity contribution in [1.29, 1.82) is 0 Å². The number of hydrogen-bond acceptors (Lipinski definition) is 6. The molecule has 3 N–H and O–H groups in total. The Morgan fingerprint density at radius 3 is 2.02 bits per heavy atom. The third kappa shape index (κ3) is 9.78. The molecule has 0 saturated heterocycles. The van der Waals surface area contributed by atoms with Crippen molar-refractivity contribution < 1.29 is 25.9 Å². The zero-order valence-corrected chi connectivity index (χ0v) is 33.3. The second-order valence-electron chi connectivity index (χ2n) is 14.9. The van der Waals surface area contributed by atoms with E-state index in [9.17, 15) is 21.4 Å². The first-order chi connectivity index (χ1) is 25.5. The minimum Gasteiger partial charge on any atom is -0.385 e. The van der Waals surface area contributed by atoms with Gasteiger partial charge in [-0.2, -0.15) is 16.8 Å². The van der Waals surface area contributed by atoms with E-state index >= 15 is 0 Å². The summed E-state index contributed by atoms with van der Waals surface area (Å²) in [5, 5.41) is 8.11. The summed E-state index contributed by atoms with van der Waals surface area (Å²) in [5.41, 5.74) is 5.73. The molecular weight excluding hydrogens is 717 g/mol. The first kappa shape index (κ1) is 40.7. The van der Waals surface area contributed by atoms with Crippen molar-refractivity contribution >= 4 is 53.2 Å². The van der Waals surface area contributed by atoms with E-state index in [1.54, 1.807) is 0 Å². The van der Waals surface area contributed by atoms with E-state index in [0.717, 1.165) is 39.0 Å². The maximum absolute atomic E-state index is 11.4. The highest BCUT2D eigenvalue weighted by Gasteiger charge is 2.40. The number of unbranched alkanes of at least 4 members (excludes halogenated alkanes) is 2. The van der Waals surface area contributed by atoms with Crippen molar-refractivity contribution in [2.45, 2.75) is 64.2 Å². The number of nitrogens with zero attached hydrogens (tertiary/aromatic N) is 1. The van der Waals surface area contributed by atoms with E-state index in [4.69, 9.17) is 4.55 Å². The Bertz CT molecular complexity index is 2350. The van der Waals surface area contributed by atoms with Crippen LogP contribution in [0, 0.1) is 0 Å². The van der Waals surface area contributed by atoms with Gasteiger partial charge in [0.05, 0.1) is 11.5 Å². The Balaban J connectivity index is 1.32. The second kappa shape index (κ2) is 16.9. The molecule has 0 unspecified atom stereocenters. The Kier molecular flexibility index (Phi) is 12.7. The van der Waals surface area contributed by atoms with Gasteiger partial charge in [0.1, 0.15) is 0 Å². The second-order valence-corrected chi connectivity index (χ2v) is 18.1. The zero-order chi connectivity index (χ0) is 39.1. The van der Waals surface area contributed by atoms with E-state index < -0.39 is 25.7 Å². The summed E-state index contributed by atoms with van der Waals surface area (Å²) in [6.45, 7) is 14.4. The maximum Gasteiger partial charge on any atom is 0.264 e. The van der Waals surface area contributed by atoms with Crippen LogP contribution in [0.1, 0.15) is 64.5 Å². The molecule has 4 aromatic carbocycles. The lowest BCUT2D eigenvalue weighted by molar-refractivity contribution is 0.478. The molecule has 4 aromatic rings. The molecule has 0 fully saturated rings. The fourth-order valence-corrected chi connectivity index (χ4v) is 8.57. The summed E-state index contributed by atoms with van der Waals surface area (Å²) in [6.07, 6.45) is 16.1. The predicted molar refractivity (Wildman–Crippen MR) is 226 cm³/mol. The topological polar surface area (TPSA) is 124 Å². The van der Waals surface area contributed by atoms with Crippen LogP contribution in [0.2, 0.25) is 0 Å².